The summed E-state index contributed by atoms with van der Waals surface area (Å²) in [6, 6.07) is 8.42. The van der Waals surface area contributed by atoms with Gasteiger partial charge in [-0.3, -0.25) is 4.57 Å². The first-order valence-corrected chi connectivity index (χ1v) is 7.96. The predicted octanol–water partition coefficient (Wildman–Crippen LogP) is 3.16. The van der Waals surface area contributed by atoms with Crippen LogP contribution in [-0.4, -0.2) is 33.2 Å². The lowest BCUT2D eigenvalue weighted by atomic mass is 10.2. The Labute approximate surface area is 123 Å². The maximum absolute atomic E-state index is 5.67. The summed E-state index contributed by atoms with van der Waals surface area (Å²) in [5.74, 6) is 1.87. The molecular formula is C15H19N3OS. The minimum absolute atomic E-state index is 0.364. The second-order valence-electron chi connectivity index (χ2n) is 5.15. The molecule has 0 saturated carbocycles. The summed E-state index contributed by atoms with van der Waals surface area (Å²) >= 11 is 1.73. The normalized spacial score (nSPS) is 18.6. The van der Waals surface area contributed by atoms with Crippen LogP contribution in [0.25, 0.3) is 5.69 Å². The van der Waals surface area contributed by atoms with E-state index in [1.54, 1.807) is 11.8 Å². The van der Waals surface area contributed by atoms with E-state index in [9.17, 15) is 0 Å². The molecule has 20 heavy (non-hydrogen) atoms. The number of aryl methyl sites for hydroxylation is 2. The number of aromatic nitrogens is 3. The van der Waals surface area contributed by atoms with E-state index in [1.165, 1.54) is 12.0 Å². The van der Waals surface area contributed by atoms with Gasteiger partial charge in [-0.15, -0.1) is 10.2 Å². The van der Waals surface area contributed by atoms with Crippen molar-refractivity contribution in [3.8, 4) is 5.69 Å². The van der Waals surface area contributed by atoms with Gasteiger partial charge in [0.15, 0.2) is 5.16 Å². The molecule has 1 aliphatic heterocycles. The number of hydrogen-bond donors (Lipinski definition) is 0. The summed E-state index contributed by atoms with van der Waals surface area (Å²) in [6.07, 6.45) is 2.70. The molecule has 0 aliphatic carbocycles. The lowest BCUT2D eigenvalue weighted by Crippen LogP contribution is -2.09. The van der Waals surface area contributed by atoms with Crippen LogP contribution in [0.2, 0.25) is 0 Å². The standard InChI is InChI=1S/C15H19N3OS/c1-11-5-3-6-13(9-11)18-12(2)16-17-15(18)20-10-14-7-4-8-19-14/h3,5-6,9,14H,4,7-8,10H2,1-2H3/t14-/m0/s1. The smallest absolute Gasteiger partial charge is 0.195 e. The van der Waals surface area contributed by atoms with Crippen molar-refractivity contribution in [2.75, 3.05) is 12.4 Å². The lowest BCUT2D eigenvalue weighted by molar-refractivity contribution is 0.129. The highest BCUT2D eigenvalue weighted by molar-refractivity contribution is 7.99. The number of hydrogen-bond acceptors (Lipinski definition) is 4. The Bertz CT molecular complexity index is 591. The molecule has 2 heterocycles. The van der Waals surface area contributed by atoms with Crippen LogP contribution in [0.15, 0.2) is 29.4 Å². The summed E-state index contributed by atoms with van der Waals surface area (Å²) < 4.78 is 7.79. The molecule has 0 unspecified atom stereocenters. The number of ether oxygens (including phenoxy) is 1. The first-order chi connectivity index (χ1) is 9.74. The fourth-order valence-electron chi connectivity index (χ4n) is 2.44. The van der Waals surface area contributed by atoms with Crippen molar-refractivity contribution in [1.82, 2.24) is 14.8 Å². The molecule has 1 aliphatic rings. The highest BCUT2D eigenvalue weighted by Gasteiger charge is 2.18. The van der Waals surface area contributed by atoms with Gasteiger partial charge in [-0.2, -0.15) is 0 Å². The molecule has 3 rings (SSSR count). The third-order valence-corrected chi connectivity index (χ3v) is 4.54. The quantitative estimate of drug-likeness (QED) is 0.811. The van der Waals surface area contributed by atoms with Gasteiger partial charge >= 0.3 is 0 Å². The van der Waals surface area contributed by atoms with Gasteiger partial charge in [0, 0.05) is 18.0 Å². The molecule has 0 radical (unpaired) electrons. The number of nitrogens with zero attached hydrogens (tertiary/aromatic N) is 3. The highest BCUT2D eigenvalue weighted by Crippen LogP contribution is 2.25. The lowest BCUT2D eigenvalue weighted by Gasteiger charge is -2.11. The van der Waals surface area contributed by atoms with Crippen LogP contribution in [0.4, 0.5) is 0 Å². The van der Waals surface area contributed by atoms with Crippen molar-refractivity contribution in [3.05, 3.63) is 35.7 Å². The summed E-state index contributed by atoms with van der Waals surface area (Å²) in [5, 5.41) is 9.47. The summed E-state index contributed by atoms with van der Waals surface area (Å²) in [7, 11) is 0. The first-order valence-electron chi connectivity index (χ1n) is 6.97. The molecule has 1 aromatic heterocycles. The zero-order valence-electron chi connectivity index (χ0n) is 11.9. The topological polar surface area (TPSA) is 39.9 Å². The van der Waals surface area contributed by atoms with Crippen molar-refractivity contribution < 1.29 is 4.74 Å². The largest absolute Gasteiger partial charge is 0.377 e. The molecule has 0 spiro atoms. The van der Waals surface area contributed by atoms with Gasteiger partial charge in [0.05, 0.1) is 6.10 Å². The molecule has 0 amide bonds. The van der Waals surface area contributed by atoms with Crippen LogP contribution >= 0.6 is 11.8 Å². The SMILES string of the molecule is Cc1cccc(-n2c(C)nnc2SC[C@@H]2CCCO2)c1. The monoisotopic (exact) mass is 289 g/mol. The molecule has 106 valence electrons. The van der Waals surface area contributed by atoms with Crippen LogP contribution < -0.4 is 0 Å². The second-order valence-corrected chi connectivity index (χ2v) is 6.14. The van der Waals surface area contributed by atoms with Crippen molar-refractivity contribution in [1.29, 1.82) is 0 Å². The fraction of sp³-hybridized carbons (Fsp3) is 0.467. The molecule has 2 aromatic rings. The van der Waals surface area contributed by atoms with E-state index < -0.39 is 0 Å². The average molecular weight is 289 g/mol. The van der Waals surface area contributed by atoms with E-state index in [0.717, 1.165) is 35.4 Å². The van der Waals surface area contributed by atoms with Crippen molar-refractivity contribution in [3.63, 3.8) is 0 Å². The third-order valence-electron chi connectivity index (χ3n) is 3.48. The molecular weight excluding hydrogens is 270 g/mol. The molecule has 0 bridgehead atoms. The van der Waals surface area contributed by atoms with E-state index in [2.05, 4.69) is 46.0 Å². The Kier molecular flexibility index (Phi) is 4.08. The number of rotatable bonds is 4. The Morgan fingerprint density at radius 1 is 1.35 bits per heavy atom. The Balaban J connectivity index is 1.81. The minimum atomic E-state index is 0.364. The number of benzene rings is 1. The zero-order chi connectivity index (χ0) is 13.9. The van der Waals surface area contributed by atoms with E-state index in [4.69, 9.17) is 4.74 Å². The molecule has 0 N–H and O–H groups in total. The van der Waals surface area contributed by atoms with Crippen LogP contribution in [0.5, 0.6) is 0 Å². The molecule has 1 aromatic carbocycles. The number of thioether (sulfide) groups is 1. The Morgan fingerprint density at radius 2 is 2.25 bits per heavy atom. The summed E-state index contributed by atoms with van der Waals surface area (Å²) in [5.41, 5.74) is 2.37. The van der Waals surface area contributed by atoms with Crippen LogP contribution in [0.3, 0.4) is 0 Å². The van der Waals surface area contributed by atoms with Gasteiger partial charge in [-0.05, 0) is 44.4 Å². The van der Waals surface area contributed by atoms with Gasteiger partial charge in [0.2, 0.25) is 0 Å². The summed E-state index contributed by atoms with van der Waals surface area (Å²) in [6.45, 7) is 4.99. The molecule has 1 saturated heterocycles. The van der Waals surface area contributed by atoms with Gasteiger partial charge in [-0.25, -0.2) is 0 Å². The summed E-state index contributed by atoms with van der Waals surface area (Å²) in [4.78, 5) is 0. The van der Waals surface area contributed by atoms with Gasteiger partial charge in [0.25, 0.3) is 0 Å². The molecule has 4 nitrogen and oxygen atoms in total. The van der Waals surface area contributed by atoms with Crippen molar-refractivity contribution in [2.24, 2.45) is 0 Å². The average Bonchev–Trinajstić information content (AvgIpc) is 3.06. The van der Waals surface area contributed by atoms with Gasteiger partial charge in [-0.1, -0.05) is 23.9 Å². The minimum Gasteiger partial charge on any atom is -0.377 e. The van der Waals surface area contributed by atoms with E-state index in [-0.39, 0.29) is 0 Å². The van der Waals surface area contributed by atoms with Crippen LogP contribution in [0, 0.1) is 13.8 Å². The fourth-order valence-corrected chi connectivity index (χ4v) is 3.51. The van der Waals surface area contributed by atoms with E-state index >= 15 is 0 Å². The van der Waals surface area contributed by atoms with E-state index in [0.29, 0.717) is 6.10 Å². The van der Waals surface area contributed by atoms with Crippen LogP contribution in [-0.2, 0) is 4.74 Å². The highest BCUT2D eigenvalue weighted by atomic mass is 32.2. The van der Waals surface area contributed by atoms with Gasteiger partial charge < -0.3 is 4.74 Å². The molecule has 1 fully saturated rings. The van der Waals surface area contributed by atoms with E-state index in [1.807, 2.05) is 6.92 Å². The van der Waals surface area contributed by atoms with Crippen LogP contribution in [0.1, 0.15) is 24.2 Å². The second kappa shape index (κ2) is 5.97. The van der Waals surface area contributed by atoms with Crippen molar-refractivity contribution >= 4 is 11.8 Å². The Morgan fingerprint density at radius 3 is 3.00 bits per heavy atom. The third kappa shape index (κ3) is 2.88. The van der Waals surface area contributed by atoms with Crippen molar-refractivity contribution in [2.45, 2.75) is 37.9 Å². The maximum atomic E-state index is 5.67. The van der Waals surface area contributed by atoms with Gasteiger partial charge in [0.1, 0.15) is 5.82 Å². The maximum Gasteiger partial charge on any atom is 0.195 e. The Hall–Kier alpha value is -1.33. The molecule has 5 heteroatoms. The predicted molar refractivity (Wildman–Crippen MR) is 80.5 cm³/mol. The molecule has 1 atom stereocenters. The zero-order valence-corrected chi connectivity index (χ0v) is 12.7. The first kappa shape index (κ1) is 13.6.